The highest BCUT2D eigenvalue weighted by Crippen LogP contribution is 2.24. The van der Waals surface area contributed by atoms with E-state index in [9.17, 15) is 9.59 Å². The van der Waals surface area contributed by atoms with Gasteiger partial charge >= 0.3 is 11.9 Å². The third-order valence-electron chi connectivity index (χ3n) is 4.88. The lowest BCUT2D eigenvalue weighted by molar-refractivity contribution is 0.0333. The summed E-state index contributed by atoms with van der Waals surface area (Å²) in [5.74, 6) is -0.00588. The van der Waals surface area contributed by atoms with Crippen molar-refractivity contribution in [1.82, 2.24) is 0 Å². The van der Waals surface area contributed by atoms with Gasteiger partial charge in [-0.05, 0) is 48.9 Å². The van der Waals surface area contributed by atoms with E-state index in [1.165, 1.54) is 0 Å². The van der Waals surface area contributed by atoms with Crippen LogP contribution in [0.4, 0.5) is 0 Å². The SMILES string of the molecule is CCC(CCOC(=O)c1ccccc1)C(CC)COC(=O)c1ccccc1. The lowest BCUT2D eigenvalue weighted by Gasteiger charge is -2.25. The molecule has 2 aromatic carbocycles. The van der Waals surface area contributed by atoms with Crippen LogP contribution in [0.2, 0.25) is 0 Å². The zero-order chi connectivity index (χ0) is 19.5. The van der Waals surface area contributed by atoms with Gasteiger partial charge in [-0.2, -0.15) is 0 Å². The second kappa shape index (κ2) is 11.2. The first-order valence-corrected chi connectivity index (χ1v) is 9.60. The number of carbonyl (C=O) groups excluding carboxylic acids is 2. The second-order valence-electron chi connectivity index (χ2n) is 6.59. The van der Waals surface area contributed by atoms with E-state index in [4.69, 9.17) is 9.47 Å². The van der Waals surface area contributed by atoms with E-state index < -0.39 is 0 Å². The normalized spacial score (nSPS) is 12.8. The molecule has 27 heavy (non-hydrogen) atoms. The van der Waals surface area contributed by atoms with Gasteiger partial charge in [0.05, 0.1) is 24.3 Å². The van der Waals surface area contributed by atoms with E-state index in [0.717, 1.165) is 19.3 Å². The van der Waals surface area contributed by atoms with E-state index in [1.54, 1.807) is 24.3 Å². The molecule has 0 fully saturated rings. The Hall–Kier alpha value is -2.62. The number of hydrogen-bond acceptors (Lipinski definition) is 4. The highest BCUT2D eigenvalue weighted by molar-refractivity contribution is 5.89. The Bertz CT molecular complexity index is 697. The number of ether oxygens (including phenoxy) is 2. The van der Waals surface area contributed by atoms with E-state index in [-0.39, 0.29) is 17.9 Å². The topological polar surface area (TPSA) is 52.6 Å². The van der Waals surface area contributed by atoms with Crippen molar-refractivity contribution in [1.29, 1.82) is 0 Å². The quantitative estimate of drug-likeness (QED) is 0.545. The number of esters is 2. The minimum atomic E-state index is -0.297. The summed E-state index contributed by atoms with van der Waals surface area (Å²) in [6, 6.07) is 18.0. The first-order valence-electron chi connectivity index (χ1n) is 9.60. The van der Waals surface area contributed by atoms with Crippen molar-refractivity contribution in [2.75, 3.05) is 13.2 Å². The van der Waals surface area contributed by atoms with Gasteiger partial charge in [0.2, 0.25) is 0 Å². The standard InChI is InChI=1S/C23H28O4/c1-3-18(15-16-26-22(24)20-11-7-5-8-12-20)19(4-2)17-27-23(25)21-13-9-6-10-14-21/h5-14,18-19H,3-4,15-17H2,1-2H3. The highest BCUT2D eigenvalue weighted by Gasteiger charge is 2.21. The maximum atomic E-state index is 12.1. The molecule has 4 nitrogen and oxygen atoms in total. The van der Waals surface area contributed by atoms with Gasteiger partial charge in [0.25, 0.3) is 0 Å². The zero-order valence-corrected chi connectivity index (χ0v) is 16.1. The van der Waals surface area contributed by atoms with Gasteiger partial charge in [0, 0.05) is 0 Å². The molecular formula is C23H28O4. The van der Waals surface area contributed by atoms with Gasteiger partial charge in [-0.3, -0.25) is 0 Å². The molecule has 0 aliphatic heterocycles. The Morgan fingerprint density at radius 1 is 0.741 bits per heavy atom. The number of rotatable bonds is 10. The highest BCUT2D eigenvalue weighted by atomic mass is 16.5. The van der Waals surface area contributed by atoms with Crippen LogP contribution < -0.4 is 0 Å². The fourth-order valence-corrected chi connectivity index (χ4v) is 3.16. The first-order chi connectivity index (χ1) is 13.2. The molecule has 0 N–H and O–H groups in total. The maximum Gasteiger partial charge on any atom is 0.338 e. The molecule has 2 rings (SSSR count). The molecule has 0 saturated carbocycles. The average Bonchev–Trinajstić information content (AvgIpc) is 2.73. The third-order valence-corrected chi connectivity index (χ3v) is 4.88. The van der Waals surface area contributed by atoms with Crippen molar-refractivity contribution in [2.24, 2.45) is 11.8 Å². The van der Waals surface area contributed by atoms with Crippen LogP contribution >= 0.6 is 0 Å². The van der Waals surface area contributed by atoms with Crippen LogP contribution in [0.3, 0.4) is 0 Å². The molecule has 0 aliphatic rings. The van der Waals surface area contributed by atoms with E-state index in [1.807, 2.05) is 36.4 Å². The zero-order valence-electron chi connectivity index (χ0n) is 16.1. The van der Waals surface area contributed by atoms with Crippen molar-refractivity contribution in [2.45, 2.75) is 33.1 Å². The molecule has 0 amide bonds. The summed E-state index contributed by atoms with van der Waals surface area (Å²) >= 11 is 0. The molecule has 0 radical (unpaired) electrons. The minimum absolute atomic E-state index is 0.248. The van der Waals surface area contributed by atoms with Crippen molar-refractivity contribution < 1.29 is 19.1 Å². The molecule has 4 heteroatoms. The smallest absolute Gasteiger partial charge is 0.338 e. The summed E-state index contributed by atoms with van der Waals surface area (Å²) in [6.07, 6.45) is 2.62. The van der Waals surface area contributed by atoms with Crippen molar-refractivity contribution in [3.8, 4) is 0 Å². The maximum absolute atomic E-state index is 12.1. The van der Waals surface area contributed by atoms with Crippen molar-refractivity contribution >= 4 is 11.9 Å². The average molecular weight is 368 g/mol. The van der Waals surface area contributed by atoms with Gasteiger partial charge in [-0.15, -0.1) is 0 Å². The molecule has 0 spiro atoms. The van der Waals surface area contributed by atoms with Crippen molar-refractivity contribution in [3.05, 3.63) is 71.8 Å². The number of carbonyl (C=O) groups is 2. The molecule has 0 heterocycles. The largest absolute Gasteiger partial charge is 0.462 e. The van der Waals surface area contributed by atoms with Crippen LogP contribution in [0, 0.1) is 11.8 Å². The minimum Gasteiger partial charge on any atom is -0.462 e. The molecule has 2 atom stereocenters. The van der Waals surface area contributed by atoms with Crippen LogP contribution in [-0.4, -0.2) is 25.2 Å². The lowest BCUT2D eigenvalue weighted by Crippen LogP contribution is -2.23. The molecule has 0 bridgehead atoms. The van der Waals surface area contributed by atoms with Crippen LogP contribution in [-0.2, 0) is 9.47 Å². The van der Waals surface area contributed by atoms with Gasteiger partial charge in [0.15, 0.2) is 0 Å². The summed E-state index contributed by atoms with van der Waals surface area (Å²) in [7, 11) is 0. The molecule has 0 aliphatic carbocycles. The van der Waals surface area contributed by atoms with Crippen LogP contribution in [0.5, 0.6) is 0 Å². The van der Waals surface area contributed by atoms with Gasteiger partial charge in [0.1, 0.15) is 0 Å². The number of benzene rings is 2. The fraction of sp³-hybridized carbons (Fsp3) is 0.391. The van der Waals surface area contributed by atoms with Crippen molar-refractivity contribution in [3.63, 3.8) is 0 Å². The summed E-state index contributed by atoms with van der Waals surface area (Å²) < 4.78 is 10.9. The van der Waals surface area contributed by atoms with Crippen LogP contribution in [0.25, 0.3) is 0 Å². The Morgan fingerprint density at radius 2 is 1.22 bits per heavy atom. The molecule has 0 aromatic heterocycles. The molecule has 2 unspecified atom stereocenters. The molecular weight excluding hydrogens is 340 g/mol. The fourth-order valence-electron chi connectivity index (χ4n) is 3.16. The third kappa shape index (κ3) is 6.55. The van der Waals surface area contributed by atoms with Crippen LogP contribution in [0.15, 0.2) is 60.7 Å². The molecule has 0 saturated heterocycles. The lowest BCUT2D eigenvalue weighted by atomic mass is 9.86. The predicted octanol–water partition coefficient (Wildman–Crippen LogP) is 5.14. The predicted molar refractivity (Wildman–Crippen MR) is 106 cm³/mol. The summed E-state index contributed by atoms with van der Waals surface area (Å²) in [5, 5.41) is 0. The Kier molecular flexibility index (Phi) is 8.56. The molecule has 2 aromatic rings. The first kappa shape index (κ1) is 20.7. The monoisotopic (exact) mass is 368 g/mol. The molecule has 144 valence electrons. The van der Waals surface area contributed by atoms with Gasteiger partial charge < -0.3 is 9.47 Å². The number of hydrogen-bond donors (Lipinski definition) is 0. The Morgan fingerprint density at radius 3 is 1.70 bits per heavy atom. The summed E-state index contributed by atoms with van der Waals surface area (Å²) in [6.45, 7) is 4.97. The van der Waals surface area contributed by atoms with Crippen LogP contribution in [0.1, 0.15) is 53.8 Å². The Labute approximate surface area is 161 Å². The van der Waals surface area contributed by atoms with E-state index in [2.05, 4.69) is 13.8 Å². The van der Waals surface area contributed by atoms with E-state index >= 15 is 0 Å². The second-order valence-corrected chi connectivity index (χ2v) is 6.59. The Balaban J connectivity index is 1.81. The van der Waals surface area contributed by atoms with Gasteiger partial charge in [-0.1, -0.05) is 56.7 Å². The summed E-state index contributed by atoms with van der Waals surface area (Å²) in [4.78, 5) is 24.2. The summed E-state index contributed by atoms with van der Waals surface area (Å²) in [5.41, 5.74) is 1.13. The van der Waals surface area contributed by atoms with Gasteiger partial charge in [-0.25, -0.2) is 9.59 Å². The van der Waals surface area contributed by atoms with E-state index in [0.29, 0.717) is 30.3 Å².